The van der Waals surface area contributed by atoms with Crippen LogP contribution >= 0.6 is 0 Å². The zero-order chi connectivity index (χ0) is 20.7. The lowest BCUT2D eigenvalue weighted by Crippen LogP contribution is -2.34. The summed E-state index contributed by atoms with van der Waals surface area (Å²) >= 11 is 0. The molecule has 152 valence electrons. The number of nitrogen functional groups attached to an aromatic ring is 1. The van der Waals surface area contributed by atoms with Gasteiger partial charge in [0.15, 0.2) is 5.65 Å². The molecule has 0 unspecified atom stereocenters. The Bertz CT molecular complexity index is 1240. The molecule has 4 N–H and O–H groups in total. The van der Waals surface area contributed by atoms with E-state index in [4.69, 9.17) is 5.73 Å². The molecular formula is C20H20N8O2. The first-order chi connectivity index (χ1) is 14.5. The van der Waals surface area contributed by atoms with Gasteiger partial charge in [-0.3, -0.25) is 4.68 Å². The molecule has 3 aromatic heterocycles. The Kier molecular flexibility index (Phi) is 4.31. The standard InChI is InChI=1S/C20H20N8O2/c21-17-7-16(18-19(23-17)25-26-24-18)6-13-8-22-28(10-13)9-12-1-2-15-11-27(20(29)30)4-3-14(15)5-12/h1-2,5,7-8,10H,3-4,6,9,11H2,(H,29,30)(H3,21,23,24,25,26). The van der Waals surface area contributed by atoms with E-state index in [-0.39, 0.29) is 0 Å². The van der Waals surface area contributed by atoms with Crippen molar-refractivity contribution in [1.29, 1.82) is 0 Å². The van der Waals surface area contributed by atoms with Crippen molar-refractivity contribution in [3.63, 3.8) is 0 Å². The van der Waals surface area contributed by atoms with Crippen molar-refractivity contribution in [3.05, 3.63) is 64.5 Å². The Morgan fingerprint density at radius 3 is 3.00 bits per heavy atom. The lowest BCUT2D eigenvalue weighted by Gasteiger charge is -2.26. The van der Waals surface area contributed by atoms with Crippen LogP contribution in [-0.4, -0.2) is 52.8 Å². The van der Waals surface area contributed by atoms with E-state index in [0.29, 0.717) is 43.0 Å². The molecule has 10 nitrogen and oxygen atoms in total. The highest BCUT2D eigenvalue weighted by Gasteiger charge is 2.20. The van der Waals surface area contributed by atoms with Crippen molar-refractivity contribution in [2.45, 2.75) is 25.9 Å². The number of carbonyl (C=O) groups is 1. The first-order valence-electron chi connectivity index (χ1n) is 9.61. The maximum Gasteiger partial charge on any atom is 0.407 e. The van der Waals surface area contributed by atoms with Gasteiger partial charge >= 0.3 is 6.09 Å². The van der Waals surface area contributed by atoms with E-state index in [0.717, 1.165) is 28.7 Å². The monoisotopic (exact) mass is 404 g/mol. The van der Waals surface area contributed by atoms with Crippen LogP contribution < -0.4 is 5.73 Å². The number of H-pyrrole nitrogens is 1. The number of nitrogens with zero attached hydrogens (tertiary/aromatic N) is 6. The van der Waals surface area contributed by atoms with Gasteiger partial charge in [0.05, 0.1) is 12.7 Å². The minimum atomic E-state index is -0.868. The van der Waals surface area contributed by atoms with E-state index in [9.17, 15) is 9.90 Å². The highest BCUT2D eigenvalue weighted by Crippen LogP contribution is 2.22. The quantitative estimate of drug-likeness (QED) is 0.471. The topological polar surface area (TPSA) is 139 Å². The molecule has 0 fully saturated rings. The van der Waals surface area contributed by atoms with Gasteiger partial charge in [0, 0.05) is 25.7 Å². The molecule has 1 aliphatic heterocycles. The van der Waals surface area contributed by atoms with Crippen LogP contribution in [0.1, 0.15) is 27.8 Å². The molecule has 4 aromatic rings. The van der Waals surface area contributed by atoms with Crippen molar-refractivity contribution in [3.8, 4) is 0 Å². The first kappa shape index (κ1) is 18.1. The zero-order valence-corrected chi connectivity index (χ0v) is 16.1. The van der Waals surface area contributed by atoms with Crippen molar-refractivity contribution in [1.82, 2.24) is 35.1 Å². The van der Waals surface area contributed by atoms with Gasteiger partial charge in [-0.2, -0.15) is 5.10 Å². The van der Waals surface area contributed by atoms with E-state index in [2.05, 4.69) is 31.6 Å². The lowest BCUT2D eigenvalue weighted by atomic mass is 9.97. The number of rotatable bonds is 4. The molecule has 0 radical (unpaired) electrons. The Morgan fingerprint density at radius 2 is 2.13 bits per heavy atom. The van der Waals surface area contributed by atoms with Gasteiger partial charge in [0.1, 0.15) is 11.3 Å². The number of fused-ring (bicyclic) bond motifs is 2. The number of anilines is 1. The minimum Gasteiger partial charge on any atom is -0.465 e. The summed E-state index contributed by atoms with van der Waals surface area (Å²) in [4.78, 5) is 16.8. The second-order valence-electron chi connectivity index (χ2n) is 7.50. The number of amides is 1. The molecule has 0 saturated carbocycles. The summed E-state index contributed by atoms with van der Waals surface area (Å²) in [5.74, 6) is 0.423. The molecule has 10 heteroatoms. The summed E-state index contributed by atoms with van der Waals surface area (Å²) in [6, 6.07) is 8.02. The summed E-state index contributed by atoms with van der Waals surface area (Å²) in [7, 11) is 0. The number of nitrogens with one attached hydrogen (secondary N) is 1. The number of hydrogen-bond donors (Lipinski definition) is 3. The van der Waals surface area contributed by atoms with E-state index in [1.165, 1.54) is 10.5 Å². The molecule has 4 heterocycles. The van der Waals surface area contributed by atoms with E-state index in [1.54, 1.807) is 0 Å². The van der Waals surface area contributed by atoms with Gasteiger partial charge in [-0.1, -0.05) is 23.4 Å². The molecule has 0 atom stereocenters. The summed E-state index contributed by atoms with van der Waals surface area (Å²) in [6.07, 6.45) is 4.34. The molecule has 1 amide bonds. The SMILES string of the molecule is Nc1cc(Cc2cnn(Cc3ccc4c(c3)CCN(C(=O)O)C4)c2)c2nn[nH]c2n1. The molecule has 0 saturated heterocycles. The fourth-order valence-electron chi connectivity index (χ4n) is 3.92. The lowest BCUT2D eigenvalue weighted by molar-refractivity contribution is 0.140. The fraction of sp³-hybridized carbons (Fsp3) is 0.250. The second kappa shape index (κ2) is 7.14. The third-order valence-corrected chi connectivity index (χ3v) is 5.38. The summed E-state index contributed by atoms with van der Waals surface area (Å²) < 4.78 is 1.90. The van der Waals surface area contributed by atoms with Gasteiger partial charge in [-0.25, -0.2) is 14.9 Å². The van der Waals surface area contributed by atoms with Crippen molar-refractivity contribution in [2.24, 2.45) is 0 Å². The van der Waals surface area contributed by atoms with Crippen molar-refractivity contribution < 1.29 is 9.90 Å². The average Bonchev–Trinajstić information content (AvgIpc) is 3.37. The maximum absolute atomic E-state index is 11.2. The van der Waals surface area contributed by atoms with Gasteiger partial charge in [-0.15, -0.1) is 5.10 Å². The highest BCUT2D eigenvalue weighted by molar-refractivity contribution is 5.76. The maximum atomic E-state index is 11.2. The van der Waals surface area contributed by atoms with Gasteiger partial charge in [0.25, 0.3) is 0 Å². The minimum absolute atomic E-state index is 0.423. The van der Waals surface area contributed by atoms with Crippen LogP contribution in [-0.2, 0) is 25.9 Å². The number of nitrogens with two attached hydrogens (primary N) is 1. The van der Waals surface area contributed by atoms with E-state index < -0.39 is 6.09 Å². The summed E-state index contributed by atoms with van der Waals surface area (Å²) in [6.45, 7) is 1.62. The predicted molar refractivity (Wildman–Crippen MR) is 109 cm³/mol. The smallest absolute Gasteiger partial charge is 0.407 e. The van der Waals surface area contributed by atoms with Crippen LogP contribution in [0.25, 0.3) is 11.2 Å². The Balaban J connectivity index is 1.32. The Morgan fingerprint density at radius 1 is 1.23 bits per heavy atom. The molecule has 1 aromatic carbocycles. The van der Waals surface area contributed by atoms with Gasteiger partial charge < -0.3 is 15.7 Å². The van der Waals surface area contributed by atoms with Gasteiger partial charge in [0.2, 0.25) is 0 Å². The largest absolute Gasteiger partial charge is 0.465 e. The van der Waals surface area contributed by atoms with Crippen LogP contribution in [0, 0.1) is 0 Å². The van der Waals surface area contributed by atoms with Crippen LogP contribution in [0.4, 0.5) is 10.6 Å². The molecule has 0 spiro atoms. The fourth-order valence-corrected chi connectivity index (χ4v) is 3.92. The Hall–Kier alpha value is -3.95. The van der Waals surface area contributed by atoms with Crippen molar-refractivity contribution >= 4 is 23.1 Å². The summed E-state index contributed by atoms with van der Waals surface area (Å²) in [5.41, 5.74) is 12.6. The zero-order valence-electron chi connectivity index (χ0n) is 16.1. The second-order valence-corrected chi connectivity index (χ2v) is 7.50. The van der Waals surface area contributed by atoms with E-state index in [1.807, 2.05) is 35.3 Å². The van der Waals surface area contributed by atoms with Crippen LogP contribution in [0.15, 0.2) is 36.7 Å². The third kappa shape index (κ3) is 3.43. The number of aromatic amines is 1. The number of pyridine rings is 1. The van der Waals surface area contributed by atoms with Crippen LogP contribution in [0.2, 0.25) is 0 Å². The number of aromatic nitrogens is 6. The molecule has 5 rings (SSSR count). The van der Waals surface area contributed by atoms with Crippen LogP contribution in [0.3, 0.4) is 0 Å². The highest BCUT2D eigenvalue weighted by atomic mass is 16.4. The first-order valence-corrected chi connectivity index (χ1v) is 9.61. The Labute approximate surface area is 171 Å². The molecule has 30 heavy (non-hydrogen) atoms. The predicted octanol–water partition coefficient (Wildman–Crippen LogP) is 1.81. The number of hydrogen-bond acceptors (Lipinski definition) is 6. The normalized spacial score (nSPS) is 13.5. The summed E-state index contributed by atoms with van der Waals surface area (Å²) in [5, 5.41) is 24.3. The molecule has 0 bridgehead atoms. The average molecular weight is 404 g/mol. The number of carboxylic acid groups (broad SMARTS) is 1. The van der Waals surface area contributed by atoms with E-state index >= 15 is 0 Å². The molecule has 0 aliphatic carbocycles. The number of benzene rings is 1. The molecular weight excluding hydrogens is 384 g/mol. The van der Waals surface area contributed by atoms with Crippen molar-refractivity contribution in [2.75, 3.05) is 12.3 Å². The van der Waals surface area contributed by atoms with Gasteiger partial charge in [-0.05, 0) is 40.3 Å². The molecule has 1 aliphatic rings. The third-order valence-electron chi connectivity index (χ3n) is 5.38. The van der Waals surface area contributed by atoms with Crippen LogP contribution in [0.5, 0.6) is 0 Å².